The Kier molecular flexibility index (Phi) is 6.72. The highest BCUT2D eigenvalue weighted by Gasteiger charge is 2.23. The average molecular weight is 365 g/mol. The van der Waals surface area contributed by atoms with Crippen LogP contribution in [0, 0.1) is 0 Å². The quantitative estimate of drug-likeness (QED) is 0.764. The van der Waals surface area contributed by atoms with Gasteiger partial charge in [-0.1, -0.05) is 12.1 Å². The van der Waals surface area contributed by atoms with Crippen LogP contribution in [0.5, 0.6) is 11.5 Å². The number of ether oxygens (including phenoxy) is 3. The predicted octanol–water partition coefficient (Wildman–Crippen LogP) is 1.35. The molecule has 2 heterocycles. The minimum atomic E-state index is -0.0196. The van der Waals surface area contributed by atoms with Gasteiger partial charge >= 0.3 is 0 Å². The van der Waals surface area contributed by atoms with Crippen molar-refractivity contribution in [2.24, 2.45) is 0 Å². The molecule has 1 unspecified atom stereocenters. The molecule has 1 atom stereocenters. The molecule has 1 aromatic rings. The minimum Gasteiger partial charge on any atom is -0.486 e. The predicted molar refractivity (Wildman–Crippen MR) is 101 cm³/mol. The van der Waals surface area contributed by atoms with Gasteiger partial charge in [0.05, 0.1) is 19.8 Å². The Hall–Kier alpha value is -1.57. The molecule has 0 bridgehead atoms. The smallest absolute Gasteiger partial charge is 0.169 e. The molecule has 0 aliphatic carbocycles. The summed E-state index contributed by atoms with van der Waals surface area (Å²) in [5.74, 6) is 1.62. The van der Waals surface area contributed by atoms with Crippen LogP contribution in [0.1, 0.15) is 6.92 Å². The van der Waals surface area contributed by atoms with Crippen LogP contribution in [-0.4, -0.2) is 80.1 Å². The summed E-state index contributed by atoms with van der Waals surface area (Å²) in [6.07, 6.45) is -0.0196. The number of rotatable bonds is 6. The molecule has 1 N–H and O–H groups in total. The molecule has 7 heteroatoms. The highest BCUT2D eigenvalue weighted by Crippen LogP contribution is 2.30. The topological polar surface area (TPSA) is 46.2 Å². The van der Waals surface area contributed by atoms with E-state index in [4.69, 9.17) is 26.4 Å². The maximum absolute atomic E-state index is 6.04. The first-order valence-corrected chi connectivity index (χ1v) is 9.38. The van der Waals surface area contributed by atoms with E-state index in [1.54, 1.807) is 0 Å². The van der Waals surface area contributed by atoms with Crippen LogP contribution in [0.3, 0.4) is 0 Å². The van der Waals surface area contributed by atoms with Gasteiger partial charge in [-0.3, -0.25) is 4.90 Å². The van der Waals surface area contributed by atoms with Gasteiger partial charge < -0.3 is 24.4 Å². The van der Waals surface area contributed by atoms with Gasteiger partial charge in [-0.2, -0.15) is 0 Å². The first-order valence-electron chi connectivity index (χ1n) is 8.97. The first kappa shape index (κ1) is 18.2. The molecule has 1 saturated heterocycles. The Morgan fingerprint density at radius 2 is 2.04 bits per heavy atom. The molecule has 0 radical (unpaired) electrons. The molecule has 1 aromatic carbocycles. The molecular formula is C18H27N3O3S. The van der Waals surface area contributed by atoms with E-state index in [0.29, 0.717) is 13.2 Å². The van der Waals surface area contributed by atoms with Gasteiger partial charge in [0.25, 0.3) is 0 Å². The molecule has 2 aliphatic heterocycles. The fourth-order valence-electron chi connectivity index (χ4n) is 3.01. The van der Waals surface area contributed by atoms with Crippen LogP contribution in [0.15, 0.2) is 24.3 Å². The molecular weight excluding hydrogens is 338 g/mol. The second-order valence-electron chi connectivity index (χ2n) is 6.22. The van der Waals surface area contributed by atoms with Crippen LogP contribution in [0.4, 0.5) is 0 Å². The van der Waals surface area contributed by atoms with E-state index in [9.17, 15) is 0 Å². The van der Waals surface area contributed by atoms with Crippen molar-refractivity contribution in [3.05, 3.63) is 24.3 Å². The van der Waals surface area contributed by atoms with E-state index in [1.807, 2.05) is 24.3 Å². The second kappa shape index (κ2) is 9.22. The molecule has 0 aromatic heterocycles. The van der Waals surface area contributed by atoms with E-state index in [2.05, 4.69) is 22.0 Å². The SMILES string of the molecule is CCN(CC1COc2ccccc2O1)C(=S)NCCN1CCOCC1. The number of thiocarbonyl (C=S) groups is 1. The molecule has 6 nitrogen and oxygen atoms in total. The Labute approximate surface area is 155 Å². The van der Waals surface area contributed by atoms with E-state index in [0.717, 1.165) is 62.5 Å². The van der Waals surface area contributed by atoms with E-state index >= 15 is 0 Å². The Morgan fingerprint density at radius 1 is 1.28 bits per heavy atom. The minimum absolute atomic E-state index is 0.0196. The zero-order valence-electron chi connectivity index (χ0n) is 14.8. The summed E-state index contributed by atoms with van der Waals surface area (Å²) in [7, 11) is 0. The lowest BCUT2D eigenvalue weighted by molar-refractivity contribution is 0.0388. The van der Waals surface area contributed by atoms with Crippen LogP contribution < -0.4 is 14.8 Å². The van der Waals surface area contributed by atoms with Crippen LogP contribution in [-0.2, 0) is 4.74 Å². The maximum Gasteiger partial charge on any atom is 0.169 e. The fourth-order valence-corrected chi connectivity index (χ4v) is 3.32. The van der Waals surface area contributed by atoms with E-state index in [1.165, 1.54) is 0 Å². The summed E-state index contributed by atoms with van der Waals surface area (Å²) in [6, 6.07) is 7.78. The van der Waals surface area contributed by atoms with Gasteiger partial charge in [-0.15, -0.1) is 0 Å². The summed E-state index contributed by atoms with van der Waals surface area (Å²) < 4.78 is 17.2. The average Bonchev–Trinajstić information content (AvgIpc) is 2.66. The summed E-state index contributed by atoms with van der Waals surface area (Å²) >= 11 is 5.56. The van der Waals surface area contributed by atoms with Crippen LogP contribution >= 0.6 is 12.2 Å². The number of nitrogens with zero attached hydrogens (tertiary/aromatic N) is 2. The van der Waals surface area contributed by atoms with Crippen molar-refractivity contribution in [2.45, 2.75) is 13.0 Å². The zero-order valence-corrected chi connectivity index (χ0v) is 15.6. The first-order chi connectivity index (χ1) is 12.3. The third-order valence-electron chi connectivity index (χ3n) is 4.47. The lowest BCUT2D eigenvalue weighted by Gasteiger charge is -2.32. The standard InChI is InChI=1S/C18H27N3O3S/c1-2-21(18(25)19-7-8-20-9-11-22-12-10-20)13-15-14-23-16-5-3-4-6-17(16)24-15/h3-6,15H,2,7-14H2,1H3,(H,19,25). The van der Waals surface area contributed by atoms with Gasteiger partial charge in [-0.25, -0.2) is 0 Å². The molecule has 3 rings (SSSR count). The molecule has 0 saturated carbocycles. The van der Waals surface area contributed by atoms with Crippen LogP contribution in [0.2, 0.25) is 0 Å². The number of nitrogens with one attached hydrogen (secondary N) is 1. The van der Waals surface area contributed by atoms with Gasteiger partial charge in [0.2, 0.25) is 0 Å². The normalized spacial score (nSPS) is 20.1. The van der Waals surface area contributed by atoms with Gasteiger partial charge in [0, 0.05) is 32.7 Å². The number of fused-ring (bicyclic) bond motifs is 1. The van der Waals surface area contributed by atoms with Crippen molar-refractivity contribution in [1.29, 1.82) is 0 Å². The monoisotopic (exact) mass is 365 g/mol. The van der Waals surface area contributed by atoms with Crippen molar-refractivity contribution in [3.63, 3.8) is 0 Å². The summed E-state index contributed by atoms with van der Waals surface area (Å²) in [5, 5.41) is 4.14. The highest BCUT2D eigenvalue weighted by molar-refractivity contribution is 7.80. The summed E-state index contributed by atoms with van der Waals surface area (Å²) in [5.41, 5.74) is 0. The van der Waals surface area contributed by atoms with Gasteiger partial charge in [0.15, 0.2) is 22.7 Å². The Bertz CT molecular complexity index is 566. The Morgan fingerprint density at radius 3 is 2.80 bits per heavy atom. The number of morpholine rings is 1. The number of benzene rings is 1. The number of likely N-dealkylation sites (N-methyl/N-ethyl adjacent to an activating group) is 1. The van der Waals surface area contributed by atoms with Crippen molar-refractivity contribution >= 4 is 17.3 Å². The zero-order chi connectivity index (χ0) is 17.5. The largest absolute Gasteiger partial charge is 0.486 e. The van der Waals surface area contributed by atoms with Crippen LogP contribution in [0.25, 0.3) is 0 Å². The van der Waals surface area contributed by atoms with E-state index in [-0.39, 0.29) is 6.10 Å². The van der Waals surface area contributed by atoms with Gasteiger partial charge in [-0.05, 0) is 31.3 Å². The Balaban J connectivity index is 1.43. The molecule has 25 heavy (non-hydrogen) atoms. The summed E-state index contributed by atoms with van der Waals surface area (Å²) in [4.78, 5) is 4.53. The van der Waals surface area contributed by atoms with Crippen molar-refractivity contribution in [3.8, 4) is 11.5 Å². The third-order valence-corrected chi connectivity index (χ3v) is 4.87. The van der Waals surface area contributed by atoms with Crippen molar-refractivity contribution in [2.75, 3.05) is 59.1 Å². The lowest BCUT2D eigenvalue weighted by Crippen LogP contribution is -2.49. The van der Waals surface area contributed by atoms with Gasteiger partial charge in [0.1, 0.15) is 6.61 Å². The summed E-state index contributed by atoms with van der Waals surface area (Å²) in [6.45, 7) is 9.68. The van der Waals surface area contributed by atoms with Crippen molar-refractivity contribution in [1.82, 2.24) is 15.1 Å². The fraction of sp³-hybridized carbons (Fsp3) is 0.611. The number of hydrogen-bond donors (Lipinski definition) is 1. The third kappa shape index (κ3) is 5.20. The molecule has 0 spiro atoms. The maximum atomic E-state index is 6.04. The molecule has 2 aliphatic rings. The lowest BCUT2D eigenvalue weighted by atomic mass is 10.2. The van der Waals surface area contributed by atoms with Crippen molar-refractivity contribution < 1.29 is 14.2 Å². The molecule has 0 amide bonds. The second-order valence-corrected chi connectivity index (χ2v) is 6.61. The molecule has 1 fully saturated rings. The number of para-hydroxylation sites is 2. The highest BCUT2D eigenvalue weighted by atomic mass is 32.1. The molecule has 138 valence electrons. The van der Waals surface area contributed by atoms with E-state index < -0.39 is 0 Å². The number of hydrogen-bond acceptors (Lipinski definition) is 5.